The van der Waals surface area contributed by atoms with Crippen molar-refractivity contribution in [1.82, 2.24) is 4.90 Å². The van der Waals surface area contributed by atoms with E-state index in [1.165, 1.54) is 12.8 Å². The van der Waals surface area contributed by atoms with Crippen LogP contribution in [0.5, 0.6) is 0 Å². The van der Waals surface area contributed by atoms with Crippen LogP contribution >= 0.6 is 23.2 Å². The smallest absolute Gasteiger partial charge is 0.0471 e. The Kier molecular flexibility index (Phi) is 7.02. The molecule has 0 fully saturated rings. The fourth-order valence-electron chi connectivity index (χ4n) is 2.16. The van der Waals surface area contributed by atoms with Gasteiger partial charge in [0.15, 0.2) is 0 Å². The molecule has 0 saturated carbocycles. The highest BCUT2D eigenvalue weighted by Gasteiger charge is 2.18. The number of hydrogen-bond donors (Lipinski definition) is 1. The van der Waals surface area contributed by atoms with Crippen molar-refractivity contribution < 1.29 is 0 Å². The molecule has 2 N–H and O–H groups in total. The van der Waals surface area contributed by atoms with Gasteiger partial charge in [0.25, 0.3) is 0 Å². The Morgan fingerprint density at radius 3 is 2.22 bits per heavy atom. The van der Waals surface area contributed by atoms with Gasteiger partial charge in [-0.15, -0.1) is 0 Å². The number of nitrogens with zero attached hydrogens (tertiary/aromatic N) is 1. The Labute approximate surface area is 120 Å². The molecule has 0 amide bonds. The van der Waals surface area contributed by atoms with Crippen molar-refractivity contribution in [3.05, 3.63) is 33.8 Å². The van der Waals surface area contributed by atoms with Crippen molar-refractivity contribution in [1.29, 1.82) is 0 Å². The molecule has 2 nitrogen and oxygen atoms in total. The van der Waals surface area contributed by atoms with Crippen LogP contribution in [0.25, 0.3) is 0 Å². The van der Waals surface area contributed by atoms with Crippen LogP contribution in [0.4, 0.5) is 0 Å². The molecular formula is C14H22Cl2N2. The highest BCUT2D eigenvalue weighted by atomic mass is 35.5. The average Bonchev–Trinajstić information content (AvgIpc) is 2.33. The Hall–Kier alpha value is -0.280. The van der Waals surface area contributed by atoms with Crippen LogP contribution in [0.15, 0.2) is 18.2 Å². The minimum atomic E-state index is 0.192. The summed E-state index contributed by atoms with van der Waals surface area (Å²) >= 11 is 12.1. The van der Waals surface area contributed by atoms with Gasteiger partial charge in [0.1, 0.15) is 0 Å². The van der Waals surface area contributed by atoms with Gasteiger partial charge in [-0.25, -0.2) is 0 Å². The first kappa shape index (κ1) is 15.8. The minimum Gasteiger partial charge on any atom is -0.329 e. The third-order valence-electron chi connectivity index (χ3n) is 3.14. The molecule has 4 heteroatoms. The van der Waals surface area contributed by atoms with E-state index in [0.29, 0.717) is 16.6 Å². The number of unbranched alkanes of at least 4 members (excludes halogenated alkanes) is 1. The number of likely N-dealkylation sites (N-methyl/N-ethyl adjacent to an activating group) is 1. The van der Waals surface area contributed by atoms with Crippen molar-refractivity contribution in [2.24, 2.45) is 5.73 Å². The quantitative estimate of drug-likeness (QED) is 0.818. The summed E-state index contributed by atoms with van der Waals surface area (Å²) in [5.74, 6) is 0. The summed E-state index contributed by atoms with van der Waals surface area (Å²) < 4.78 is 0. The zero-order chi connectivity index (χ0) is 13.5. The SMILES string of the molecule is CCCCN(CC)C(CN)c1cc(Cl)cc(Cl)c1. The Morgan fingerprint density at radius 2 is 1.78 bits per heavy atom. The van der Waals surface area contributed by atoms with E-state index < -0.39 is 0 Å². The van der Waals surface area contributed by atoms with Crippen molar-refractivity contribution in [2.45, 2.75) is 32.7 Å². The lowest BCUT2D eigenvalue weighted by molar-refractivity contribution is 0.209. The van der Waals surface area contributed by atoms with E-state index in [1.807, 2.05) is 12.1 Å². The standard InChI is InChI=1S/C14H22Cl2N2/c1-3-5-6-18(4-2)14(10-17)11-7-12(15)9-13(16)8-11/h7-9,14H,3-6,10,17H2,1-2H3. The highest BCUT2D eigenvalue weighted by Crippen LogP contribution is 2.26. The maximum absolute atomic E-state index is 6.06. The molecule has 0 aromatic heterocycles. The van der Waals surface area contributed by atoms with Crippen LogP contribution in [0, 0.1) is 0 Å². The van der Waals surface area contributed by atoms with Crippen molar-refractivity contribution in [3.63, 3.8) is 0 Å². The number of nitrogens with two attached hydrogens (primary N) is 1. The summed E-state index contributed by atoms with van der Waals surface area (Å²) in [6, 6.07) is 5.86. The topological polar surface area (TPSA) is 29.3 Å². The molecule has 1 rings (SSSR count). The molecule has 1 unspecified atom stereocenters. The second kappa shape index (κ2) is 8.00. The first-order valence-electron chi connectivity index (χ1n) is 6.52. The van der Waals surface area contributed by atoms with E-state index in [2.05, 4.69) is 18.7 Å². The van der Waals surface area contributed by atoms with Gasteiger partial charge in [-0.1, -0.05) is 43.5 Å². The molecule has 18 heavy (non-hydrogen) atoms. The summed E-state index contributed by atoms with van der Waals surface area (Å²) in [5, 5.41) is 1.34. The molecule has 0 heterocycles. The van der Waals surface area contributed by atoms with Gasteiger partial charge in [-0.2, -0.15) is 0 Å². The van der Waals surface area contributed by atoms with Crippen LogP contribution in [-0.4, -0.2) is 24.5 Å². The van der Waals surface area contributed by atoms with Crippen LogP contribution in [0.3, 0.4) is 0 Å². The lowest BCUT2D eigenvalue weighted by atomic mass is 10.0. The lowest BCUT2D eigenvalue weighted by Crippen LogP contribution is -2.34. The maximum Gasteiger partial charge on any atom is 0.0471 e. The van der Waals surface area contributed by atoms with E-state index in [-0.39, 0.29) is 6.04 Å². The maximum atomic E-state index is 6.06. The molecular weight excluding hydrogens is 267 g/mol. The third-order valence-corrected chi connectivity index (χ3v) is 3.58. The molecule has 1 aromatic rings. The molecule has 1 aromatic carbocycles. The largest absolute Gasteiger partial charge is 0.329 e. The first-order chi connectivity index (χ1) is 8.62. The van der Waals surface area contributed by atoms with Crippen LogP contribution in [0.1, 0.15) is 38.3 Å². The number of hydrogen-bond acceptors (Lipinski definition) is 2. The molecule has 0 spiro atoms. The second-order valence-corrected chi connectivity index (χ2v) is 5.31. The van der Waals surface area contributed by atoms with Crippen LogP contribution in [-0.2, 0) is 0 Å². The molecule has 0 aliphatic carbocycles. The van der Waals surface area contributed by atoms with Gasteiger partial charge in [-0.3, -0.25) is 4.90 Å². The predicted molar refractivity (Wildman–Crippen MR) is 80.4 cm³/mol. The molecule has 102 valence electrons. The molecule has 1 atom stereocenters. The summed E-state index contributed by atoms with van der Waals surface area (Å²) in [7, 11) is 0. The summed E-state index contributed by atoms with van der Waals surface area (Å²) in [5.41, 5.74) is 7.03. The van der Waals surface area contributed by atoms with E-state index in [1.54, 1.807) is 6.07 Å². The number of halogens is 2. The molecule has 0 aliphatic heterocycles. The van der Waals surface area contributed by atoms with Crippen LogP contribution < -0.4 is 5.73 Å². The van der Waals surface area contributed by atoms with Crippen molar-refractivity contribution in [2.75, 3.05) is 19.6 Å². The molecule has 0 saturated heterocycles. The number of benzene rings is 1. The van der Waals surface area contributed by atoms with Gasteiger partial charge in [0.05, 0.1) is 0 Å². The van der Waals surface area contributed by atoms with Crippen LogP contribution in [0.2, 0.25) is 10.0 Å². The Balaban J connectivity index is 2.91. The van der Waals surface area contributed by atoms with E-state index in [0.717, 1.165) is 18.7 Å². The fourth-order valence-corrected chi connectivity index (χ4v) is 2.70. The molecule has 0 bridgehead atoms. The second-order valence-electron chi connectivity index (χ2n) is 4.44. The fraction of sp³-hybridized carbons (Fsp3) is 0.571. The van der Waals surface area contributed by atoms with Gasteiger partial charge < -0.3 is 5.73 Å². The van der Waals surface area contributed by atoms with Gasteiger partial charge >= 0.3 is 0 Å². The first-order valence-corrected chi connectivity index (χ1v) is 7.28. The normalized spacial score (nSPS) is 13.0. The predicted octanol–water partition coefficient (Wildman–Crippen LogP) is 4.12. The number of rotatable bonds is 7. The van der Waals surface area contributed by atoms with Crippen molar-refractivity contribution >= 4 is 23.2 Å². The zero-order valence-corrected chi connectivity index (χ0v) is 12.6. The summed E-state index contributed by atoms with van der Waals surface area (Å²) in [6.45, 7) is 6.96. The van der Waals surface area contributed by atoms with E-state index >= 15 is 0 Å². The average molecular weight is 289 g/mol. The summed E-state index contributed by atoms with van der Waals surface area (Å²) in [6.07, 6.45) is 2.36. The van der Waals surface area contributed by atoms with Gasteiger partial charge in [0, 0.05) is 22.6 Å². The van der Waals surface area contributed by atoms with Crippen molar-refractivity contribution in [3.8, 4) is 0 Å². The highest BCUT2D eigenvalue weighted by molar-refractivity contribution is 6.34. The van der Waals surface area contributed by atoms with E-state index in [9.17, 15) is 0 Å². The minimum absolute atomic E-state index is 0.192. The Bertz CT molecular complexity index is 349. The van der Waals surface area contributed by atoms with E-state index in [4.69, 9.17) is 28.9 Å². The van der Waals surface area contributed by atoms with Gasteiger partial charge in [0.2, 0.25) is 0 Å². The Morgan fingerprint density at radius 1 is 1.17 bits per heavy atom. The third kappa shape index (κ3) is 4.43. The molecule has 0 aliphatic rings. The molecule has 0 radical (unpaired) electrons. The lowest BCUT2D eigenvalue weighted by Gasteiger charge is -2.30. The summed E-state index contributed by atoms with van der Waals surface area (Å²) in [4.78, 5) is 2.38. The zero-order valence-electron chi connectivity index (χ0n) is 11.1. The monoisotopic (exact) mass is 288 g/mol. The van der Waals surface area contributed by atoms with Gasteiger partial charge in [-0.05, 0) is 43.3 Å².